The standard InChI is InChI=1S/C20H17N5O3/c1-2-17(26)23-10-11-7-15(23)18-19(27)25(20(28)24(11)18)16-9-22-14(8-21)12-5-3-4-6-13(12)16/h3-6,9,11,15,18H,2,7,10H2,1H3/t11?,15?,18-/m1/s1. The summed E-state index contributed by atoms with van der Waals surface area (Å²) in [5.41, 5.74) is 0.630. The van der Waals surface area contributed by atoms with Gasteiger partial charge in [0.05, 0.1) is 24.0 Å². The lowest BCUT2D eigenvalue weighted by molar-refractivity contribution is -0.135. The predicted molar refractivity (Wildman–Crippen MR) is 99.2 cm³/mol. The second-order valence-corrected chi connectivity index (χ2v) is 7.31. The van der Waals surface area contributed by atoms with Gasteiger partial charge in [0.25, 0.3) is 5.91 Å². The number of anilines is 1. The Bertz CT molecular complexity index is 1090. The number of fused-ring (bicyclic) bond motifs is 6. The van der Waals surface area contributed by atoms with Gasteiger partial charge in [-0.2, -0.15) is 5.26 Å². The summed E-state index contributed by atoms with van der Waals surface area (Å²) in [4.78, 5) is 47.4. The molecule has 28 heavy (non-hydrogen) atoms. The van der Waals surface area contributed by atoms with Crippen molar-refractivity contribution in [3.63, 3.8) is 0 Å². The van der Waals surface area contributed by atoms with Crippen molar-refractivity contribution in [1.82, 2.24) is 14.8 Å². The van der Waals surface area contributed by atoms with Crippen LogP contribution in [0.15, 0.2) is 30.5 Å². The number of amides is 4. The molecule has 3 aliphatic rings. The van der Waals surface area contributed by atoms with E-state index < -0.39 is 6.04 Å². The average molecular weight is 375 g/mol. The maximum absolute atomic E-state index is 13.3. The molecule has 5 rings (SSSR count). The Morgan fingerprint density at radius 3 is 2.75 bits per heavy atom. The third-order valence-electron chi connectivity index (χ3n) is 6.01. The lowest BCUT2D eigenvalue weighted by atomic mass is 10.1. The molecule has 3 fully saturated rings. The van der Waals surface area contributed by atoms with Crippen LogP contribution in [-0.2, 0) is 9.59 Å². The molecule has 1 aromatic heterocycles. The largest absolute Gasteiger partial charge is 0.335 e. The lowest BCUT2D eigenvalue weighted by Gasteiger charge is -2.34. The fourth-order valence-corrected chi connectivity index (χ4v) is 4.81. The number of carbonyl (C=O) groups excluding carboxylic acids is 3. The minimum absolute atomic E-state index is 0.0105. The van der Waals surface area contributed by atoms with Crippen LogP contribution in [0.3, 0.4) is 0 Å². The maximum Gasteiger partial charge on any atom is 0.332 e. The summed E-state index contributed by atoms with van der Waals surface area (Å²) in [6, 6.07) is 7.74. The Hall–Kier alpha value is -3.47. The minimum atomic E-state index is -0.642. The van der Waals surface area contributed by atoms with Crippen LogP contribution in [0.4, 0.5) is 10.5 Å². The van der Waals surface area contributed by atoms with Crippen LogP contribution >= 0.6 is 0 Å². The molecule has 0 N–H and O–H groups in total. The number of benzene rings is 1. The molecule has 4 heterocycles. The number of nitrogens with zero attached hydrogens (tertiary/aromatic N) is 5. The first-order valence-electron chi connectivity index (χ1n) is 9.30. The topological polar surface area (TPSA) is 97.6 Å². The number of hydrogen-bond donors (Lipinski definition) is 0. The van der Waals surface area contributed by atoms with Crippen molar-refractivity contribution in [2.45, 2.75) is 37.9 Å². The van der Waals surface area contributed by atoms with Crippen LogP contribution in [-0.4, -0.2) is 57.3 Å². The minimum Gasteiger partial charge on any atom is -0.335 e. The molecule has 0 spiro atoms. The zero-order valence-electron chi connectivity index (χ0n) is 15.2. The van der Waals surface area contributed by atoms with Gasteiger partial charge in [-0.1, -0.05) is 31.2 Å². The Kier molecular flexibility index (Phi) is 3.43. The number of imide groups is 1. The summed E-state index contributed by atoms with van der Waals surface area (Å²) in [5.74, 6) is -0.320. The number of urea groups is 1. The van der Waals surface area contributed by atoms with Crippen molar-refractivity contribution in [3.05, 3.63) is 36.2 Å². The van der Waals surface area contributed by atoms with Crippen LogP contribution in [0.1, 0.15) is 25.5 Å². The zero-order valence-corrected chi connectivity index (χ0v) is 15.2. The Morgan fingerprint density at radius 1 is 1.29 bits per heavy atom. The van der Waals surface area contributed by atoms with Gasteiger partial charge in [-0.3, -0.25) is 9.59 Å². The third-order valence-corrected chi connectivity index (χ3v) is 6.01. The monoisotopic (exact) mass is 375 g/mol. The van der Waals surface area contributed by atoms with E-state index in [2.05, 4.69) is 4.98 Å². The molecule has 140 valence electrons. The first kappa shape index (κ1) is 16.7. The van der Waals surface area contributed by atoms with E-state index in [9.17, 15) is 19.6 Å². The van der Waals surface area contributed by atoms with E-state index in [-0.39, 0.29) is 35.6 Å². The van der Waals surface area contributed by atoms with Crippen molar-refractivity contribution >= 4 is 34.3 Å². The Morgan fingerprint density at radius 2 is 2.04 bits per heavy atom. The molecule has 3 aliphatic heterocycles. The Balaban J connectivity index is 1.59. The number of likely N-dealkylation sites (tertiary alicyclic amines) is 1. The number of aromatic nitrogens is 1. The smallest absolute Gasteiger partial charge is 0.332 e. The van der Waals surface area contributed by atoms with Crippen LogP contribution in [0.2, 0.25) is 0 Å². The van der Waals surface area contributed by atoms with Crippen LogP contribution in [0.5, 0.6) is 0 Å². The molecule has 2 bridgehead atoms. The van der Waals surface area contributed by atoms with Gasteiger partial charge < -0.3 is 9.80 Å². The number of carbonyl (C=O) groups is 3. The van der Waals surface area contributed by atoms with Gasteiger partial charge in [-0.15, -0.1) is 0 Å². The summed E-state index contributed by atoms with van der Waals surface area (Å²) >= 11 is 0. The molecule has 2 aromatic rings. The van der Waals surface area contributed by atoms with Crippen LogP contribution in [0.25, 0.3) is 10.8 Å². The molecule has 4 amide bonds. The van der Waals surface area contributed by atoms with Gasteiger partial charge >= 0.3 is 6.03 Å². The quantitative estimate of drug-likeness (QED) is 0.743. The fraction of sp³-hybridized carbons (Fsp3) is 0.350. The Labute approximate surface area is 160 Å². The highest BCUT2D eigenvalue weighted by molar-refractivity contribution is 6.25. The number of hydrogen-bond acceptors (Lipinski definition) is 5. The second-order valence-electron chi connectivity index (χ2n) is 7.31. The zero-order chi connectivity index (χ0) is 19.6. The van der Waals surface area contributed by atoms with Crippen molar-refractivity contribution in [3.8, 4) is 6.07 Å². The van der Waals surface area contributed by atoms with Gasteiger partial charge in [-0.25, -0.2) is 14.7 Å². The van der Waals surface area contributed by atoms with Crippen LogP contribution in [0, 0.1) is 11.3 Å². The summed E-state index contributed by atoms with van der Waals surface area (Å²) in [6.45, 7) is 2.28. The normalized spacial score (nSPS) is 25.6. The van der Waals surface area contributed by atoms with Crippen molar-refractivity contribution in [1.29, 1.82) is 5.26 Å². The molecule has 1 aromatic carbocycles. The third kappa shape index (κ3) is 1.99. The van der Waals surface area contributed by atoms with E-state index >= 15 is 0 Å². The molecule has 3 atom stereocenters. The lowest BCUT2D eigenvalue weighted by Crippen LogP contribution is -2.54. The average Bonchev–Trinajstić information content (AvgIpc) is 3.38. The summed E-state index contributed by atoms with van der Waals surface area (Å²) in [6.07, 6.45) is 2.44. The highest BCUT2D eigenvalue weighted by atomic mass is 16.2. The molecular formula is C20H17N5O3. The predicted octanol–water partition coefficient (Wildman–Crippen LogP) is 1.64. The van der Waals surface area contributed by atoms with E-state index in [1.807, 2.05) is 6.07 Å². The number of pyridine rings is 1. The maximum atomic E-state index is 13.3. The first-order valence-corrected chi connectivity index (χ1v) is 9.30. The SMILES string of the molecule is CCC(=O)N1CC2CC1[C@@H]1C(=O)N(c3cnc(C#N)c4ccccc34)C(=O)N21. The van der Waals surface area contributed by atoms with Gasteiger partial charge in [-0.05, 0) is 6.42 Å². The number of piperazine rings is 1. The molecule has 2 unspecified atom stereocenters. The number of nitriles is 1. The van der Waals surface area contributed by atoms with E-state index in [0.717, 1.165) is 0 Å². The highest BCUT2D eigenvalue weighted by Gasteiger charge is 2.62. The van der Waals surface area contributed by atoms with Gasteiger partial charge in [0.2, 0.25) is 5.91 Å². The van der Waals surface area contributed by atoms with Gasteiger partial charge in [0.1, 0.15) is 17.8 Å². The first-order chi connectivity index (χ1) is 13.6. The molecular weight excluding hydrogens is 358 g/mol. The second kappa shape index (κ2) is 5.76. The molecule has 0 radical (unpaired) electrons. The molecule has 8 heteroatoms. The molecule has 0 saturated carbocycles. The van der Waals surface area contributed by atoms with E-state index in [0.29, 0.717) is 35.8 Å². The summed E-state index contributed by atoms with van der Waals surface area (Å²) in [5, 5.41) is 10.5. The van der Waals surface area contributed by atoms with E-state index in [1.165, 1.54) is 11.1 Å². The molecule has 0 aliphatic carbocycles. The number of rotatable bonds is 2. The van der Waals surface area contributed by atoms with E-state index in [4.69, 9.17) is 0 Å². The van der Waals surface area contributed by atoms with Crippen molar-refractivity contribution in [2.24, 2.45) is 0 Å². The van der Waals surface area contributed by atoms with Gasteiger partial charge in [0.15, 0.2) is 0 Å². The van der Waals surface area contributed by atoms with E-state index in [1.54, 1.807) is 41.0 Å². The molecule has 3 saturated heterocycles. The van der Waals surface area contributed by atoms with Crippen LogP contribution < -0.4 is 4.90 Å². The molecule has 8 nitrogen and oxygen atoms in total. The van der Waals surface area contributed by atoms with Crippen molar-refractivity contribution in [2.75, 3.05) is 11.4 Å². The highest BCUT2D eigenvalue weighted by Crippen LogP contribution is 2.43. The summed E-state index contributed by atoms with van der Waals surface area (Å²) < 4.78 is 0. The summed E-state index contributed by atoms with van der Waals surface area (Å²) in [7, 11) is 0. The van der Waals surface area contributed by atoms with Crippen molar-refractivity contribution < 1.29 is 14.4 Å². The fourth-order valence-electron chi connectivity index (χ4n) is 4.81. The van der Waals surface area contributed by atoms with Gasteiger partial charge in [0, 0.05) is 23.7 Å².